The third-order valence-electron chi connectivity index (χ3n) is 4.33. The number of nitrogens with zero attached hydrogens (tertiary/aromatic N) is 1. The van der Waals surface area contributed by atoms with Crippen LogP contribution in [-0.2, 0) is 6.42 Å². The van der Waals surface area contributed by atoms with Crippen LogP contribution in [0.15, 0.2) is 42.5 Å². The lowest BCUT2D eigenvalue weighted by Gasteiger charge is -2.28. The van der Waals surface area contributed by atoms with Crippen LogP contribution < -0.4 is 4.90 Å². The van der Waals surface area contributed by atoms with Gasteiger partial charge in [0.15, 0.2) is 11.5 Å². The van der Waals surface area contributed by atoms with Crippen LogP contribution in [0.5, 0.6) is 11.5 Å². The predicted octanol–water partition coefficient (Wildman–Crippen LogP) is 3.60. The van der Waals surface area contributed by atoms with E-state index in [0.717, 1.165) is 42.7 Å². The highest BCUT2D eigenvalue weighted by atomic mass is 35.5. The van der Waals surface area contributed by atoms with Gasteiger partial charge in [-0.25, -0.2) is 0 Å². The van der Waals surface area contributed by atoms with E-state index in [2.05, 4.69) is 4.90 Å². The maximum atomic E-state index is 9.88. The number of phenolic OH excluding ortho intramolecular Hbond substituents is 2. The minimum Gasteiger partial charge on any atom is -0.504 e. The normalized spacial score (nSPS) is 17.1. The van der Waals surface area contributed by atoms with Crippen molar-refractivity contribution in [1.29, 1.82) is 0 Å². The summed E-state index contributed by atoms with van der Waals surface area (Å²) in [5.74, 6) is 0.203. The van der Waals surface area contributed by atoms with E-state index in [-0.39, 0.29) is 30.5 Å². The number of anilines is 2. The molecule has 124 valence electrons. The lowest BCUT2D eigenvalue weighted by atomic mass is 9.98. The molecule has 0 bridgehead atoms. The van der Waals surface area contributed by atoms with Gasteiger partial charge < -0.3 is 20.2 Å². The smallest absolute Gasteiger partial charge is 0.159 e. The molecule has 3 rings (SSSR count). The fraction of sp³-hybridized carbons (Fsp3) is 0.333. The predicted molar refractivity (Wildman–Crippen MR) is 94.0 cm³/mol. The van der Waals surface area contributed by atoms with E-state index in [1.807, 2.05) is 30.3 Å². The van der Waals surface area contributed by atoms with Crippen LogP contribution in [0.2, 0.25) is 0 Å². The van der Waals surface area contributed by atoms with Crippen LogP contribution in [0.4, 0.5) is 11.4 Å². The zero-order valence-corrected chi connectivity index (χ0v) is 13.7. The minimum absolute atomic E-state index is 0. The molecule has 0 saturated carbocycles. The van der Waals surface area contributed by atoms with Gasteiger partial charge >= 0.3 is 0 Å². The second kappa shape index (κ2) is 7.57. The summed E-state index contributed by atoms with van der Waals surface area (Å²) in [6.07, 6.45) is 2.55. The van der Waals surface area contributed by atoms with Crippen molar-refractivity contribution in [3.05, 3.63) is 48.0 Å². The molecule has 3 N–H and O–H groups in total. The summed E-state index contributed by atoms with van der Waals surface area (Å²) in [6.45, 7) is 0.974. The van der Waals surface area contributed by atoms with Crippen molar-refractivity contribution in [2.75, 3.05) is 18.1 Å². The van der Waals surface area contributed by atoms with Crippen LogP contribution in [-0.4, -0.2) is 28.5 Å². The maximum absolute atomic E-state index is 9.88. The molecule has 1 aliphatic rings. The second-order valence-electron chi connectivity index (χ2n) is 5.83. The minimum atomic E-state index is -0.0970. The molecule has 2 aromatic carbocycles. The number of aliphatic hydroxyl groups is 1. The molecule has 0 spiro atoms. The second-order valence-corrected chi connectivity index (χ2v) is 5.83. The summed E-state index contributed by atoms with van der Waals surface area (Å²) in [6, 6.07) is 13.3. The van der Waals surface area contributed by atoms with Crippen molar-refractivity contribution in [2.45, 2.75) is 19.3 Å². The lowest BCUT2D eigenvalue weighted by molar-refractivity contribution is 0.255. The molecule has 1 aliphatic heterocycles. The molecule has 0 radical (unpaired) electrons. The first-order chi connectivity index (χ1) is 10.7. The van der Waals surface area contributed by atoms with Crippen LogP contribution in [0.25, 0.3) is 0 Å². The van der Waals surface area contributed by atoms with E-state index >= 15 is 0 Å². The summed E-state index contributed by atoms with van der Waals surface area (Å²) in [5.41, 5.74) is 3.01. The number of benzene rings is 2. The molecule has 0 fully saturated rings. The van der Waals surface area contributed by atoms with Gasteiger partial charge in [-0.3, -0.25) is 0 Å². The van der Waals surface area contributed by atoms with E-state index in [1.54, 1.807) is 12.1 Å². The number of aromatic hydroxyl groups is 2. The van der Waals surface area contributed by atoms with Crippen molar-refractivity contribution < 1.29 is 15.3 Å². The monoisotopic (exact) mass is 335 g/mol. The first-order valence-electron chi connectivity index (χ1n) is 7.67. The number of para-hydroxylation sites is 1. The van der Waals surface area contributed by atoms with Crippen LogP contribution in [0.3, 0.4) is 0 Å². The first-order valence-corrected chi connectivity index (χ1v) is 7.67. The largest absolute Gasteiger partial charge is 0.504 e. The van der Waals surface area contributed by atoms with Crippen molar-refractivity contribution in [2.24, 2.45) is 5.92 Å². The Balaban J connectivity index is 0.00000192. The molecular formula is C18H22ClNO3. The number of fused-ring (bicyclic) bond motifs is 1. The number of hydrogen-bond acceptors (Lipinski definition) is 4. The molecule has 4 nitrogen and oxygen atoms in total. The van der Waals surface area contributed by atoms with E-state index < -0.39 is 0 Å². The fourth-order valence-electron chi connectivity index (χ4n) is 3.14. The van der Waals surface area contributed by atoms with Crippen molar-refractivity contribution in [3.8, 4) is 11.5 Å². The lowest BCUT2D eigenvalue weighted by Crippen LogP contribution is -2.24. The van der Waals surface area contributed by atoms with E-state index in [1.165, 1.54) is 0 Å². The summed E-state index contributed by atoms with van der Waals surface area (Å²) >= 11 is 0. The summed E-state index contributed by atoms with van der Waals surface area (Å²) in [5, 5.41) is 28.9. The number of hydrogen-bond donors (Lipinski definition) is 3. The summed E-state index contributed by atoms with van der Waals surface area (Å²) in [7, 11) is 0. The number of phenols is 2. The Bertz CT molecular complexity index is 648. The van der Waals surface area contributed by atoms with Gasteiger partial charge in [-0.15, -0.1) is 12.4 Å². The molecule has 1 atom stereocenters. The number of aliphatic hydroxyl groups excluding tert-OH is 1. The molecule has 0 aliphatic carbocycles. The Hall–Kier alpha value is -1.91. The number of halogens is 1. The van der Waals surface area contributed by atoms with Gasteiger partial charge in [0.05, 0.1) is 0 Å². The maximum Gasteiger partial charge on any atom is 0.159 e. The third-order valence-corrected chi connectivity index (χ3v) is 4.33. The zero-order chi connectivity index (χ0) is 15.5. The average Bonchev–Trinajstić information content (AvgIpc) is 2.70. The Morgan fingerprint density at radius 2 is 1.74 bits per heavy atom. The Kier molecular flexibility index (Phi) is 5.74. The molecule has 0 saturated heterocycles. The SMILES string of the molecule is Cl.OCCC1CCc2cc(O)c(O)cc2N(c2ccccc2)C1. The highest BCUT2D eigenvalue weighted by Gasteiger charge is 2.24. The van der Waals surface area contributed by atoms with Crippen LogP contribution in [0.1, 0.15) is 18.4 Å². The molecule has 5 heteroatoms. The molecule has 23 heavy (non-hydrogen) atoms. The summed E-state index contributed by atoms with van der Waals surface area (Å²) in [4.78, 5) is 2.17. The average molecular weight is 336 g/mol. The number of aryl methyl sites for hydroxylation is 1. The Labute approximate surface area is 142 Å². The third kappa shape index (κ3) is 3.71. The topological polar surface area (TPSA) is 63.9 Å². The van der Waals surface area contributed by atoms with E-state index in [9.17, 15) is 15.3 Å². The Morgan fingerprint density at radius 3 is 2.43 bits per heavy atom. The highest BCUT2D eigenvalue weighted by Crippen LogP contribution is 2.40. The van der Waals surface area contributed by atoms with Crippen LogP contribution >= 0.6 is 12.4 Å². The highest BCUT2D eigenvalue weighted by molar-refractivity contribution is 5.85. The van der Waals surface area contributed by atoms with Crippen LogP contribution in [0, 0.1) is 5.92 Å². The van der Waals surface area contributed by atoms with Crippen molar-refractivity contribution in [3.63, 3.8) is 0 Å². The van der Waals surface area contributed by atoms with Gasteiger partial charge in [0.1, 0.15) is 0 Å². The van der Waals surface area contributed by atoms with Crippen molar-refractivity contribution in [1.82, 2.24) is 0 Å². The molecular weight excluding hydrogens is 314 g/mol. The molecule has 2 aromatic rings. The molecule has 1 heterocycles. The number of rotatable bonds is 3. The quantitative estimate of drug-likeness (QED) is 0.750. The Morgan fingerprint density at radius 1 is 1.04 bits per heavy atom. The molecule has 0 aromatic heterocycles. The summed E-state index contributed by atoms with van der Waals surface area (Å²) < 4.78 is 0. The van der Waals surface area contributed by atoms with Crippen molar-refractivity contribution >= 4 is 23.8 Å². The zero-order valence-electron chi connectivity index (χ0n) is 12.9. The van der Waals surface area contributed by atoms with E-state index in [0.29, 0.717) is 5.92 Å². The van der Waals surface area contributed by atoms with Gasteiger partial charge in [0, 0.05) is 30.6 Å². The van der Waals surface area contributed by atoms with Gasteiger partial charge in [0.25, 0.3) is 0 Å². The van der Waals surface area contributed by atoms with Gasteiger partial charge in [-0.2, -0.15) is 0 Å². The van der Waals surface area contributed by atoms with E-state index in [4.69, 9.17) is 0 Å². The fourth-order valence-corrected chi connectivity index (χ4v) is 3.14. The molecule has 1 unspecified atom stereocenters. The van der Waals surface area contributed by atoms with Gasteiger partial charge in [-0.05, 0) is 48.9 Å². The van der Waals surface area contributed by atoms with Gasteiger partial charge in [0.2, 0.25) is 0 Å². The first kappa shape index (κ1) is 17.4. The molecule has 0 amide bonds. The van der Waals surface area contributed by atoms with Gasteiger partial charge in [-0.1, -0.05) is 18.2 Å². The standard InChI is InChI=1S/C18H21NO3.ClH/c20-9-8-13-6-7-14-10-17(21)18(22)11-16(14)19(12-13)15-4-2-1-3-5-15;/h1-5,10-11,13,20-22H,6-9,12H2;1H.